The maximum absolute atomic E-state index is 12.6. The number of rotatable bonds is 11. The highest BCUT2D eigenvalue weighted by Crippen LogP contribution is 2.45. The van der Waals surface area contributed by atoms with Crippen LogP contribution in [-0.4, -0.2) is 87.5 Å². The number of benzene rings is 1. The maximum Gasteiger partial charge on any atom is 0.336 e. The molecule has 13 heteroatoms. The maximum atomic E-state index is 12.6. The molecule has 1 unspecified atom stereocenters. The number of aliphatic imine (C=N–C) groups is 1. The summed E-state index contributed by atoms with van der Waals surface area (Å²) in [4.78, 5) is 48.5. The van der Waals surface area contributed by atoms with Crippen LogP contribution in [0.2, 0.25) is 0 Å². The van der Waals surface area contributed by atoms with Crippen molar-refractivity contribution < 1.29 is 48.7 Å². The first-order valence-corrected chi connectivity index (χ1v) is 12.7. The van der Waals surface area contributed by atoms with Crippen molar-refractivity contribution >= 4 is 23.6 Å². The molecule has 2 heterocycles. The van der Waals surface area contributed by atoms with Gasteiger partial charge in [-0.05, 0) is 43.9 Å². The summed E-state index contributed by atoms with van der Waals surface area (Å²) in [5.41, 5.74) is 0.287. The van der Waals surface area contributed by atoms with Crippen LogP contribution < -0.4 is 14.2 Å². The summed E-state index contributed by atoms with van der Waals surface area (Å²) in [6, 6.07) is 3.80. The van der Waals surface area contributed by atoms with Crippen LogP contribution in [0.5, 0.6) is 17.5 Å². The molecule has 1 aromatic heterocycles. The number of aliphatic carboxylic acids is 2. The average Bonchev–Trinajstić information content (AvgIpc) is 2.92. The zero-order valence-corrected chi connectivity index (χ0v) is 22.3. The standard InChI is InChI=1S/C27H31N3O10/c1-4-39-21-8-16-17-7-15(40-23(33)11-27(36,25(34)35)10-22(31)32)5-6-19(17)30-24(18(16)9-20(21)37-2)14-12-28-26(38-3)29-13-14/h8-9,12-13,15,17,19,36H,4-7,10-11H2,1-3H3,(H,31,32)(H,34,35)/t15-,17-,19-,27?/m1/s1. The van der Waals surface area contributed by atoms with Crippen molar-refractivity contribution in [3.05, 3.63) is 41.2 Å². The van der Waals surface area contributed by atoms with Gasteiger partial charge in [0.05, 0.1) is 45.4 Å². The first-order chi connectivity index (χ1) is 19.1. The monoisotopic (exact) mass is 557 g/mol. The van der Waals surface area contributed by atoms with E-state index in [1.807, 2.05) is 19.1 Å². The van der Waals surface area contributed by atoms with Crippen LogP contribution in [0.4, 0.5) is 0 Å². The summed E-state index contributed by atoms with van der Waals surface area (Å²) in [5.74, 6) is -3.45. The number of fused-ring (bicyclic) bond motifs is 3. The molecule has 4 rings (SSSR count). The summed E-state index contributed by atoms with van der Waals surface area (Å²) < 4.78 is 22.0. The number of carboxylic acids is 2. The number of methoxy groups -OCH3 is 2. The van der Waals surface area contributed by atoms with Gasteiger partial charge in [-0.3, -0.25) is 14.6 Å². The second-order valence-electron chi connectivity index (χ2n) is 9.64. The second kappa shape index (κ2) is 11.9. The van der Waals surface area contributed by atoms with Crippen LogP contribution >= 0.6 is 0 Å². The molecule has 4 atom stereocenters. The summed E-state index contributed by atoms with van der Waals surface area (Å²) in [6.07, 6.45) is 1.92. The van der Waals surface area contributed by atoms with Crippen LogP contribution in [0.15, 0.2) is 29.5 Å². The third-order valence-corrected chi connectivity index (χ3v) is 7.01. The van der Waals surface area contributed by atoms with Gasteiger partial charge < -0.3 is 34.3 Å². The number of hydrogen-bond donors (Lipinski definition) is 3. The fraction of sp³-hybridized carbons (Fsp3) is 0.481. The SMILES string of the molecule is CCOc1cc2c(cc1OC)C(c1cnc(OC)nc1)=N[C@@H]1CC[C@@H](OC(=O)CC(O)(CC(=O)O)C(=O)O)C[C@H]21. The number of carbonyl (C=O) groups is 3. The van der Waals surface area contributed by atoms with Gasteiger partial charge >= 0.3 is 23.9 Å². The molecule has 1 aliphatic carbocycles. The number of nitrogens with zero attached hydrogens (tertiary/aromatic N) is 3. The first kappa shape index (κ1) is 28.7. The lowest BCUT2D eigenvalue weighted by molar-refractivity contribution is -0.174. The van der Waals surface area contributed by atoms with E-state index in [0.717, 1.165) is 11.1 Å². The Morgan fingerprint density at radius 3 is 2.35 bits per heavy atom. The van der Waals surface area contributed by atoms with E-state index in [-0.39, 0.29) is 18.0 Å². The van der Waals surface area contributed by atoms with Crippen molar-refractivity contribution in [3.8, 4) is 17.5 Å². The highest BCUT2D eigenvalue weighted by atomic mass is 16.5. The molecule has 1 saturated carbocycles. The molecule has 13 nitrogen and oxygen atoms in total. The highest BCUT2D eigenvalue weighted by Gasteiger charge is 2.43. The Hall–Kier alpha value is -4.26. The number of carboxylic acid groups (broad SMARTS) is 2. The van der Waals surface area contributed by atoms with Crippen molar-refractivity contribution in [2.24, 2.45) is 4.99 Å². The van der Waals surface area contributed by atoms with Gasteiger partial charge in [0.25, 0.3) is 0 Å². The molecule has 2 aliphatic rings. The fourth-order valence-electron chi connectivity index (χ4n) is 5.17. The number of carbonyl (C=O) groups excluding carboxylic acids is 1. The van der Waals surface area contributed by atoms with E-state index in [1.165, 1.54) is 7.11 Å². The van der Waals surface area contributed by atoms with Crippen LogP contribution in [0.3, 0.4) is 0 Å². The summed E-state index contributed by atoms with van der Waals surface area (Å²) >= 11 is 0. The Kier molecular flexibility index (Phi) is 8.52. The van der Waals surface area contributed by atoms with Crippen LogP contribution in [0, 0.1) is 0 Å². The predicted octanol–water partition coefficient (Wildman–Crippen LogP) is 1.97. The Balaban J connectivity index is 1.63. The molecular weight excluding hydrogens is 526 g/mol. The van der Waals surface area contributed by atoms with E-state index in [1.54, 1.807) is 19.5 Å². The number of aromatic nitrogens is 2. The number of ether oxygens (including phenoxy) is 4. The van der Waals surface area contributed by atoms with Crippen molar-refractivity contribution in [2.45, 2.75) is 62.7 Å². The van der Waals surface area contributed by atoms with Crippen LogP contribution in [0.1, 0.15) is 61.6 Å². The fourth-order valence-corrected chi connectivity index (χ4v) is 5.17. The summed E-state index contributed by atoms with van der Waals surface area (Å²) in [6.45, 7) is 2.28. The van der Waals surface area contributed by atoms with Gasteiger partial charge in [0.1, 0.15) is 6.10 Å². The Labute approximate surface area is 229 Å². The molecule has 0 amide bonds. The van der Waals surface area contributed by atoms with Crippen LogP contribution in [0.25, 0.3) is 0 Å². The molecule has 1 aromatic carbocycles. The second-order valence-corrected chi connectivity index (χ2v) is 9.64. The molecular formula is C27H31N3O10. The number of esters is 1. The molecule has 214 valence electrons. The van der Waals surface area contributed by atoms with Crippen LogP contribution in [-0.2, 0) is 19.1 Å². The molecule has 0 radical (unpaired) electrons. The van der Waals surface area contributed by atoms with Crippen molar-refractivity contribution in [1.29, 1.82) is 0 Å². The van der Waals surface area contributed by atoms with E-state index >= 15 is 0 Å². The van der Waals surface area contributed by atoms with Gasteiger partial charge in [-0.15, -0.1) is 0 Å². The molecule has 2 aromatic rings. The minimum Gasteiger partial charge on any atom is -0.493 e. The first-order valence-electron chi connectivity index (χ1n) is 12.7. The minimum atomic E-state index is -2.76. The van der Waals surface area contributed by atoms with Crippen molar-refractivity contribution in [1.82, 2.24) is 9.97 Å². The molecule has 40 heavy (non-hydrogen) atoms. The zero-order valence-electron chi connectivity index (χ0n) is 22.3. The van der Waals surface area contributed by atoms with Gasteiger partial charge in [0.15, 0.2) is 17.1 Å². The Bertz CT molecular complexity index is 1310. The molecule has 0 saturated heterocycles. The van der Waals surface area contributed by atoms with E-state index in [4.69, 9.17) is 29.0 Å². The number of hydrogen-bond acceptors (Lipinski definition) is 11. The van der Waals surface area contributed by atoms with E-state index < -0.39 is 42.5 Å². The largest absolute Gasteiger partial charge is 0.493 e. The molecule has 0 bridgehead atoms. The highest BCUT2D eigenvalue weighted by molar-refractivity contribution is 6.14. The van der Waals surface area contributed by atoms with Gasteiger partial charge in [-0.2, -0.15) is 0 Å². The number of aliphatic hydroxyl groups is 1. The Morgan fingerprint density at radius 2 is 1.75 bits per heavy atom. The van der Waals surface area contributed by atoms with E-state index in [0.29, 0.717) is 48.6 Å². The predicted molar refractivity (Wildman–Crippen MR) is 138 cm³/mol. The van der Waals surface area contributed by atoms with Gasteiger partial charge in [-0.1, -0.05) is 0 Å². The zero-order chi connectivity index (χ0) is 29.0. The van der Waals surface area contributed by atoms with Gasteiger partial charge in [0.2, 0.25) is 0 Å². The lowest BCUT2D eigenvalue weighted by atomic mass is 9.74. The lowest BCUT2D eigenvalue weighted by Gasteiger charge is -2.38. The van der Waals surface area contributed by atoms with Gasteiger partial charge in [0, 0.05) is 29.4 Å². The summed E-state index contributed by atoms with van der Waals surface area (Å²) in [7, 11) is 3.02. The lowest BCUT2D eigenvalue weighted by Crippen LogP contribution is -2.44. The minimum absolute atomic E-state index is 0.162. The van der Waals surface area contributed by atoms with Crippen molar-refractivity contribution in [3.63, 3.8) is 0 Å². The summed E-state index contributed by atoms with van der Waals surface area (Å²) in [5, 5.41) is 28.5. The Morgan fingerprint density at radius 1 is 1.02 bits per heavy atom. The third kappa shape index (κ3) is 5.98. The van der Waals surface area contributed by atoms with E-state index in [2.05, 4.69) is 9.97 Å². The molecule has 0 spiro atoms. The molecule has 1 fully saturated rings. The normalized spacial score (nSPS) is 21.1. The molecule has 3 N–H and O–H groups in total. The van der Waals surface area contributed by atoms with Crippen molar-refractivity contribution in [2.75, 3.05) is 20.8 Å². The van der Waals surface area contributed by atoms with E-state index in [9.17, 15) is 24.6 Å². The van der Waals surface area contributed by atoms with Gasteiger partial charge in [-0.25, -0.2) is 14.8 Å². The molecule has 1 aliphatic heterocycles. The topological polar surface area (TPSA) is 187 Å². The third-order valence-electron chi connectivity index (χ3n) is 7.01. The smallest absolute Gasteiger partial charge is 0.336 e. The quantitative estimate of drug-likeness (QED) is 0.341. The average molecular weight is 558 g/mol.